The predicted octanol–water partition coefficient (Wildman–Crippen LogP) is 2.43. The van der Waals surface area contributed by atoms with Crippen LogP contribution < -0.4 is 5.32 Å². The first-order chi connectivity index (χ1) is 11.9. The number of Topliss-reactive ketones (excluding diaryl/α,β-unsaturated/α-hetero) is 1. The smallest absolute Gasteiger partial charge is 0.243 e. The molecule has 0 radical (unpaired) electrons. The summed E-state index contributed by atoms with van der Waals surface area (Å²) in [6.45, 7) is 6.48. The van der Waals surface area contributed by atoms with E-state index >= 15 is 0 Å². The number of anilines is 1. The van der Waals surface area contributed by atoms with Crippen LogP contribution in [-0.2, 0) is 16.4 Å². The molecule has 0 aliphatic heterocycles. The van der Waals surface area contributed by atoms with Gasteiger partial charge in [0.2, 0.25) is 15.2 Å². The summed E-state index contributed by atoms with van der Waals surface area (Å²) < 4.78 is 26.2. The van der Waals surface area contributed by atoms with Gasteiger partial charge < -0.3 is 5.32 Å². The Labute approximate surface area is 152 Å². The summed E-state index contributed by atoms with van der Waals surface area (Å²) >= 11 is 1.41. The van der Waals surface area contributed by atoms with Gasteiger partial charge in [0.05, 0.1) is 11.4 Å². The fourth-order valence-electron chi connectivity index (χ4n) is 2.25. The molecule has 2 aromatic rings. The van der Waals surface area contributed by atoms with Crippen LogP contribution in [0.5, 0.6) is 0 Å². The summed E-state index contributed by atoms with van der Waals surface area (Å²) in [6, 6.07) is 6.03. The highest BCUT2D eigenvalue weighted by atomic mass is 32.2. The molecule has 0 spiro atoms. The molecule has 0 amide bonds. The number of nitrogens with one attached hydrogen (secondary N) is 1. The van der Waals surface area contributed by atoms with E-state index in [1.165, 1.54) is 39.9 Å². The van der Waals surface area contributed by atoms with Crippen LogP contribution in [0.1, 0.15) is 36.1 Å². The van der Waals surface area contributed by atoms with E-state index in [4.69, 9.17) is 0 Å². The van der Waals surface area contributed by atoms with Crippen LogP contribution in [0.3, 0.4) is 0 Å². The molecule has 0 saturated carbocycles. The van der Waals surface area contributed by atoms with Crippen molar-refractivity contribution >= 4 is 32.3 Å². The summed E-state index contributed by atoms with van der Waals surface area (Å²) in [6.07, 6.45) is 0.801. The summed E-state index contributed by atoms with van der Waals surface area (Å²) in [4.78, 5) is 12.4. The maximum atomic E-state index is 12.4. The van der Waals surface area contributed by atoms with Gasteiger partial charge in [0.15, 0.2) is 5.78 Å². The van der Waals surface area contributed by atoms with E-state index in [1.54, 1.807) is 13.8 Å². The van der Waals surface area contributed by atoms with Gasteiger partial charge in [-0.2, -0.15) is 4.31 Å². The number of hydrogen-bond acceptors (Lipinski definition) is 7. The lowest BCUT2D eigenvalue weighted by molar-refractivity contribution is 0.101. The number of carbonyl (C=O) groups excluding carboxylic acids is 1. The van der Waals surface area contributed by atoms with Crippen LogP contribution >= 0.6 is 11.3 Å². The molecule has 0 bridgehead atoms. The third-order valence-corrected chi connectivity index (χ3v) is 6.78. The van der Waals surface area contributed by atoms with Crippen LogP contribution in [0.4, 0.5) is 5.13 Å². The number of carbonyl (C=O) groups is 1. The van der Waals surface area contributed by atoms with Crippen molar-refractivity contribution in [2.75, 3.05) is 25.0 Å². The molecule has 0 saturated heterocycles. The van der Waals surface area contributed by atoms with Crippen molar-refractivity contribution in [3.05, 3.63) is 34.8 Å². The van der Waals surface area contributed by atoms with Crippen LogP contribution in [-0.4, -0.2) is 48.3 Å². The minimum absolute atomic E-state index is 0.0838. The molecule has 0 aliphatic rings. The first kappa shape index (κ1) is 19.5. The molecule has 0 aliphatic carbocycles. The van der Waals surface area contributed by atoms with Crippen molar-refractivity contribution in [3.8, 4) is 0 Å². The summed E-state index contributed by atoms with van der Waals surface area (Å²) in [7, 11) is -3.51. The number of ketones is 1. The second kappa shape index (κ2) is 8.50. The molecule has 0 unspecified atom stereocenters. The molecule has 2 rings (SSSR count). The Hall–Kier alpha value is -1.84. The second-order valence-electron chi connectivity index (χ2n) is 5.24. The molecule has 25 heavy (non-hydrogen) atoms. The molecule has 7 nitrogen and oxygen atoms in total. The molecule has 9 heteroatoms. The van der Waals surface area contributed by atoms with Crippen LogP contribution in [0, 0.1) is 0 Å². The van der Waals surface area contributed by atoms with Gasteiger partial charge in [-0.3, -0.25) is 4.79 Å². The van der Waals surface area contributed by atoms with Gasteiger partial charge in [0, 0.05) is 18.7 Å². The average Bonchev–Trinajstić information content (AvgIpc) is 3.08. The van der Waals surface area contributed by atoms with E-state index in [9.17, 15) is 13.2 Å². The van der Waals surface area contributed by atoms with Crippen LogP contribution in [0.15, 0.2) is 29.2 Å². The van der Waals surface area contributed by atoms with Crippen LogP contribution in [0.2, 0.25) is 0 Å². The molecule has 136 valence electrons. The minimum Gasteiger partial charge on any atom is -0.353 e. The highest BCUT2D eigenvalue weighted by Gasteiger charge is 2.21. The number of sulfonamides is 1. The number of rotatable bonds is 9. The number of aryl methyl sites for hydroxylation is 1. The minimum atomic E-state index is -3.51. The lowest BCUT2D eigenvalue weighted by atomic mass is 10.1. The third kappa shape index (κ3) is 4.62. The van der Waals surface area contributed by atoms with Crippen molar-refractivity contribution in [2.24, 2.45) is 0 Å². The van der Waals surface area contributed by atoms with Crippen molar-refractivity contribution in [1.82, 2.24) is 14.5 Å². The maximum Gasteiger partial charge on any atom is 0.243 e. The lowest BCUT2D eigenvalue weighted by Crippen LogP contribution is -2.30. The Bertz CT molecular complexity index is 812. The quantitative estimate of drug-likeness (QED) is 0.670. The van der Waals surface area contributed by atoms with Gasteiger partial charge in [0.1, 0.15) is 5.01 Å². The van der Waals surface area contributed by atoms with Gasteiger partial charge >= 0.3 is 0 Å². The maximum absolute atomic E-state index is 12.4. The van der Waals surface area contributed by atoms with E-state index < -0.39 is 10.0 Å². The fraction of sp³-hybridized carbons (Fsp3) is 0.438. The Morgan fingerprint density at radius 2 is 1.76 bits per heavy atom. The summed E-state index contributed by atoms with van der Waals surface area (Å²) in [5.41, 5.74) is 0.450. The van der Waals surface area contributed by atoms with E-state index in [2.05, 4.69) is 15.5 Å². The molecule has 0 atom stereocenters. The van der Waals surface area contributed by atoms with Gasteiger partial charge in [-0.1, -0.05) is 32.1 Å². The normalized spacial score (nSPS) is 11.7. The summed E-state index contributed by atoms with van der Waals surface area (Å²) in [5.74, 6) is -0.139. The topological polar surface area (TPSA) is 92.3 Å². The van der Waals surface area contributed by atoms with Gasteiger partial charge in [-0.15, -0.1) is 10.2 Å². The Morgan fingerprint density at radius 3 is 2.28 bits per heavy atom. The van der Waals surface area contributed by atoms with Gasteiger partial charge in [0.25, 0.3) is 0 Å². The zero-order chi connectivity index (χ0) is 18.4. The van der Waals surface area contributed by atoms with E-state index in [0.717, 1.165) is 11.4 Å². The van der Waals surface area contributed by atoms with E-state index in [1.807, 2.05) is 6.92 Å². The molecule has 0 fully saturated rings. The Morgan fingerprint density at radius 1 is 1.12 bits per heavy atom. The van der Waals surface area contributed by atoms with Crippen LogP contribution in [0.25, 0.3) is 0 Å². The van der Waals surface area contributed by atoms with Gasteiger partial charge in [-0.05, 0) is 30.7 Å². The number of aromatic nitrogens is 2. The van der Waals surface area contributed by atoms with Gasteiger partial charge in [-0.25, -0.2) is 8.42 Å². The second-order valence-corrected chi connectivity index (χ2v) is 8.24. The predicted molar refractivity (Wildman–Crippen MR) is 98.7 cm³/mol. The van der Waals surface area contributed by atoms with E-state index in [0.29, 0.717) is 23.8 Å². The summed E-state index contributed by atoms with van der Waals surface area (Å²) in [5, 5.41) is 12.4. The lowest BCUT2D eigenvalue weighted by Gasteiger charge is -2.18. The highest BCUT2D eigenvalue weighted by molar-refractivity contribution is 7.89. The van der Waals surface area contributed by atoms with Crippen molar-refractivity contribution < 1.29 is 13.2 Å². The molecular weight excluding hydrogens is 360 g/mol. The van der Waals surface area contributed by atoms with Crippen molar-refractivity contribution in [1.29, 1.82) is 0 Å². The Kier molecular flexibility index (Phi) is 6.63. The number of nitrogens with zero attached hydrogens (tertiary/aromatic N) is 3. The molecule has 1 aromatic heterocycles. The molecule has 1 aromatic carbocycles. The zero-order valence-electron chi connectivity index (χ0n) is 14.5. The SMILES string of the molecule is CCc1nnc(NCC(=O)c2ccc(S(=O)(=O)N(CC)CC)cc2)s1. The van der Waals surface area contributed by atoms with Crippen molar-refractivity contribution in [2.45, 2.75) is 32.1 Å². The standard InChI is InChI=1S/C16H22N4O3S2/c1-4-15-18-19-16(24-15)17-11-14(21)12-7-9-13(10-8-12)25(22,23)20(5-2)6-3/h7-10H,4-6,11H2,1-3H3,(H,17,19). The highest BCUT2D eigenvalue weighted by Crippen LogP contribution is 2.18. The first-order valence-electron chi connectivity index (χ1n) is 8.12. The number of benzene rings is 1. The molecular formula is C16H22N4O3S2. The monoisotopic (exact) mass is 382 g/mol. The average molecular weight is 383 g/mol. The molecule has 1 heterocycles. The van der Waals surface area contributed by atoms with Crippen molar-refractivity contribution in [3.63, 3.8) is 0 Å². The zero-order valence-corrected chi connectivity index (χ0v) is 16.2. The third-order valence-electron chi connectivity index (χ3n) is 3.69. The van der Waals surface area contributed by atoms with E-state index in [-0.39, 0.29) is 17.2 Å². The fourth-order valence-corrected chi connectivity index (χ4v) is 4.38. The largest absolute Gasteiger partial charge is 0.353 e. The molecule has 1 N–H and O–H groups in total. The Balaban J connectivity index is 2.04. The number of hydrogen-bond donors (Lipinski definition) is 1. The first-order valence-corrected chi connectivity index (χ1v) is 10.4.